The Kier molecular flexibility index (Phi) is 6.63. The molecule has 0 aliphatic carbocycles. The van der Waals surface area contributed by atoms with E-state index >= 15 is 0 Å². The highest BCUT2D eigenvalue weighted by Crippen LogP contribution is 2.26. The number of hydrogen-bond donors (Lipinski definition) is 1. The van der Waals surface area contributed by atoms with Crippen molar-refractivity contribution in [2.24, 2.45) is 0 Å². The predicted octanol–water partition coefficient (Wildman–Crippen LogP) is 3.64. The van der Waals surface area contributed by atoms with Gasteiger partial charge in [-0.15, -0.1) is 0 Å². The predicted molar refractivity (Wildman–Crippen MR) is 80.0 cm³/mol. The van der Waals surface area contributed by atoms with Gasteiger partial charge in [0.1, 0.15) is 5.75 Å². The van der Waals surface area contributed by atoms with Crippen LogP contribution in [0, 0.1) is 0 Å². The molecule has 0 saturated heterocycles. The van der Waals surface area contributed by atoms with Crippen LogP contribution in [-0.2, 0) is 11.3 Å². The number of halogens is 1. The Bertz CT molecular complexity index is 394. The van der Waals surface area contributed by atoms with Crippen LogP contribution in [0.5, 0.6) is 5.75 Å². The van der Waals surface area contributed by atoms with E-state index in [1.165, 1.54) is 0 Å². The molecule has 0 aromatic heterocycles. The molecule has 1 N–H and O–H groups in total. The van der Waals surface area contributed by atoms with E-state index in [2.05, 4.69) is 12.2 Å². The molecule has 0 fully saturated rings. The molecule has 0 radical (unpaired) electrons. The van der Waals surface area contributed by atoms with Gasteiger partial charge in [0.25, 0.3) is 0 Å². The Morgan fingerprint density at radius 3 is 2.63 bits per heavy atom. The maximum Gasteiger partial charge on any atom is 0.137 e. The number of nitrogens with one attached hydrogen (secondary N) is 1. The molecule has 0 spiro atoms. The van der Waals surface area contributed by atoms with Gasteiger partial charge in [-0.2, -0.15) is 0 Å². The zero-order valence-electron chi connectivity index (χ0n) is 12.3. The fourth-order valence-electron chi connectivity index (χ4n) is 1.55. The molecule has 0 aliphatic rings. The number of methoxy groups -OCH3 is 1. The molecule has 108 valence electrons. The summed E-state index contributed by atoms with van der Waals surface area (Å²) in [5, 5.41) is 3.92. The molecule has 0 saturated carbocycles. The van der Waals surface area contributed by atoms with E-state index in [0.29, 0.717) is 11.6 Å². The number of hydrogen-bond acceptors (Lipinski definition) is 3. The summed E-state index contributed by atoms with van der Waals surface area (Å²) >= 11 is 6.21. The monoisotopic (exact) mass is 285 g/mol. The van der Waals surface area contributed by atoms with Gasteiger partial charge in [-0.25, -0.2) is 0 Å². The van der Waals surface area contributed by atoms with Crippen molar-refractivity contribution in [1.29, 1.82) is 0 Å². The summed E-state index contributed by atoms with van der Waals surface area (Å²) in [6.07, 6.45) is 0.818. The van der Waals surface area contributed by atoms with Gasteiger partial charge in [0.05, 0.1) is 17.2 Å². The van der Waals surface area contributed by atoms with Gasteiger partial charge in [-0.05, 0) is 38.1 Å². The lowest BCUT2D eigenvalue weighted by Crippen LogP contribution is -2.25. The molecule has 0 amide bonds. The highest BCUT2D eigenvalue weighted by atomic mass is 35.5. The third-order valence-electron chi connectivity index (χ3n) is 3.09. The first kappa shape index (κ1) is 16.3. The fraction of sp³-hybridized carbons (Fsp3) is 0.600. The summed E-state index contributed by atoms with van der Waals surface area (Å²) in [7, 11) is 1.71. The Hall–Kier alpha value is -0.770. The molecule has 19 heavy (non-hydrogen) atoms. The van der Waals surface area contributed by atoms with Crippen molar-refractivity contribution in [3.8, 4) is 5.75 Å². The molecule has 1 rings (SSSR count). The van der Waals surface area contributed by atoms with Crippen LogP contribution in [0.25, 0.3) is 0 Å². The lowest BCUT2D eigenvalue weighted by molar-refractivity contribution is 0.00546. The van der Waals surface area contributed by atoms with E-state index in [0.717, 1.165) is 30.8 Å². The van der Waals surface area contributed by atoms with Crippen LogP contribution in [0.3, 0.4) is 0 Å². The maximum absolute atomic E-state index is 6.21. The number of benzene rings is 1. The molecule has 3 nitrogen and oxygen atoms in total. The second kappa shape index (κ2) is 7.73. The SMILES string of the molecule is CCNCc1ccc(OCCC(C)(C)OC)c(Cl)c1. The normalized spacial score (nSPS) is 11.6. The van der Waals surface area contributed by atoms with Crippen molar-refractivity contribution in [1.82, 2.24) is 5.32 Å². The number of ether oxygens (including phenoxy) is 2. The molecular weight excluding hydrogens is 262 g/mol. The smallest absolute Gasteiger partial charge is 0.137 e. The summed E-state index contributed by atoms with van der Waals surface area (Å²) < 4.78 is 11.0. The molecule has 0 atom stereocenters. The molecule has 0 bridgehead atoms. The number of rotatable bonds is 8. The minimum absolute atomic E-state index is 0.169. The van der Waals surface area contributed by atoms with E-state index in [4.69, 9.17) is 21.1 Å². The van der Waals surface area contributed by atoms with Crippen LogP contribution in [0.15, 0.2) is 18.2 Å². The van der Waals surface area contributed by atoms with Crippen LogP contribution in [0.4, 0.5) is 0 Å². The van der Waals surface area contributed by atoms with Crippen LogP contribution in [-0.4, -0.2) is 25.9 Å². The van der Waals surface area contributed by atoms with Crippen LogP contribution < -0.4 is 10.1 Å². The van der Waals surface area contributed by atoms with E-state index in [-0.39, 0.29) is 5.60 Å². The average Bonchev–Trinajstić information content (AvgIpc) is 2.38. The van der Waals surface area contributed by atoms with Crippen LogP contribution >= 0.6 is 11.6 Å². The molecule has 0 aliphatic heterocycles. The maximum atomic E-state index is 6.21. The quantitative estimate of drug-likeness (QED) is 0.791. The standard InChI is InChI=1S/C15H24ClNO2/c1-5-17-11-12-6-7-14(13(16)10-12)19-9-8-15(2,3)18-4/h6-7,10,17H,5,8-9,11H2,1-4H3. The van der Waals surface area contributed by atoms with Gasteiger partial charge >= 0.3 is 0 Å². The summed E-state index contributed by atoms with van der Waals surface area (Å²) in [5.41, 5.74) is 0.994. The Morgan fingerprint density at radius 1 is 1.32 bits per heavy atom. The first-order valence-corrected chi connectivity index (χ1v) is 7.03. The van der Waals surface area contributed by atoms with Crippen molar-refractivity contribution < 1.29 is 9.47 Å². The van der Waals surface area contributed by atoms with Gasteiger partial charge < -0.3 is 14.8 Å². The van der Waals surface area contributed by atoms with Crippen molar-refractivity contribution in [2.75, 3.05) is 20.3 Å². The van der Waals surface area contributed by atoms with Gasteiger partial charge in [0.15, 0.2) is 0 Å². The van der Waals surface area contributed by atoms with Crippen LogP contribution in [0.2, 0.25) is 5.02 Å². The summed E-state index contributed by atoms with van der Waals surface area (Å²) in [4.78, 5) is 0. The minimum atomic E-state index is -0.169. The molecule has 4 heteroatoms. The summed E-state index contributed by atoms with van der Waals surface area (Å²) in [6, 6.07) is 5.90. The Morgan fingerprint density at radius 2 is 2.05 bits per heavy atom. The molecule has 0 heterocycles. The molecule has 0 unspecified atom stereocenters. The van der Waals surface area contributed by atoms with Crippen LogP contribution in [0.1, 0.15) is 32.8 Å². The summed E-state index contributed by atoms with van der Waals surface area (Å²) in [5.74, 6) is 0.730. The van der Waals surface area contributed by atoms with E-state index in [1.807, 2.05) is 32.0 Å². The molecular formula is C15H24ClNO2. The lowest BCUT2D eigenvalue weighted by atomic mass is 10.1. The van der Waals surface area contributed by atoms with E-state index in [9.17, 15) is 0 Å². The Balaban J connectivity index is 2.51. The third kappa shape index (κ3) is 5.81. The zero-order valence-corrected chi connectivity index (χ0v) is 13.0. The zero-order chi connectivity index (χ0) is 14.3. The van der Waals surface area contributed by atoms with Gasteiger partial charge in [-0.3, -0.25) is 0 Å². The average molecular weight is 286 g/mol. The highest BCUT2D eigenvalue weighted by Gasteiger charge is 2.16. The van der Waals surface area contributed by atoms with Crippen molar-refractivity contribution in [3.05, 3.63) is 28.8 Å². The molecule has 1 aromatic rings. The molecule has 1 aromatic carbocycles. The van der Waals surface area contributed by atoms with Crippen molar-refractivity contribution in [3.63, 3.8) is 0 Å². The van der Waals surface area contributed by atoms with Crippen molar-refractivity contribution in [2.45, 2.75) is 39.3 Å². The van der Waals surface area contributed by atoms with Gasteiger partial charge in [0, 0.05) is 20.1 Å². The lowest BCUT2D eigenvalue weighted by Gasteiger charge is -2.22. The first-order valence-electron chi connectivity index (χ1n) is 6.65. The van der Waals surface area contributed by atoms with E-state index in [1.54, 1.807) is 7.11 Å². The van der Waals surface area contributed by atoms with E-state index < -0.39 is 0 Å². The minimum Gasteiger partial charge on any atom is -0.492 e. The Labute approximate surface area is 121 Å². The topological polar surface area (TPSA) is 30.5 Å². The first-order chi connectivity index (χ1) is 8.98. The van der Waals surface area contributed by atoms with Gasteiger partial charge in [-0.1, -0.05) is 24.6 Å². The largest absolute Gasteiger partial charge is 0.492 e. The second-order valence-corrected chi connectivity index (χ2v) is 5.51. The second-order valence-electron chi connectivity index (χ2n) is 5.11. The third-order valence-corrected chi connectivity index (χ3v) is 3.39. The van der Waals surface area contributed by atoms with Gasteiger partial charge in [0.2, 0.25) is 0 Å². The van der Waals surface area contributed by atoms with Crippen molar-refractivity contribution >= 4 is 11.6 Å². The fourth-order valence-corrected chi connectivity index (χ4v) is 1.81. The highest BCUT2D eigenvalue weighted by molar-refractivity contribution is 6.32. The summed E-state index contributed by atoms with van der Waals surface area (Å²) in [6.45, 7) is 8.52.